The molecule has 31 heavy (non-hydrogen) atoms. The first kappa shape index (κ1) is 21.3. The van der Waals surface area contributed by atoms with Crippen LogP contribution in [0.1, 0.15) is 12.5 Å². The lowest BCUT2D eigenvalue weighted by Crippen LogP contribution is -2.50. The van der Waals surface area contributed by atoms with E-state index in [0.29, 0.717) is 34.7 Å². The van der Waals surface area contributed by atoms with Gasteiger partial charge in [0.05, 0.1) is 16.6 Å². The van der Waals surface area contributed by atoms with Gasteiger partial charge in [-0.2, -0.15) is 0 Å². The van der Waals surface area contributed by atoms with E-state index in [1.54, 1.807) is 41.3 Å². The van der Waals surface area contributed by atoms with Gasteiger partial charge in [0.2, 0.25) is 5.91 Å². The quantitative estimate of drug-likeness (QED) is 0.624. The van der Waals surface area contributed by atoms with Crippen LogP contribution in [0.2, 0.25) is 5.02 Å². The fourth-order valence-corrected chi connectivity index (χ4v) is 4.20. The molecule has 7 nitrogen and oxygen atoms in total. The number of benzene rings is 2. The number of rotatable bonds is 4. The van der Waals surface area contributed by atoms with Crippen LogP contribution in [0.4, 0.5) is 0 Å². The van der Waals surface area contributed by atoms with Crippen LogP contribution >= 0.6 is 11.6 Å². The van der Waals surface area contributed by atoms with E-state index in [4.69, 9.17) is 11.6 Å². The van der Waals surface area contributed by atoms with Gasteiger partial charge in [-0.05, 0) is 49.4 Å². The molecule has 0 radical (unpaired) electrons. The molecule has 0 atom stereocenters. The van der Waals surface area contributed by atoms with Gasteiger partial charge in [-0.15, -0.1) is 0 Å². The molecule has 8 heteroatoms. The molecule has 0 N–H and O–H groups in total. The van der Waals surface area contributed by atoms with E-state index in [0.717, 1.165) is 29.8 Å². The number of hydrogen-bond donors (Lipinski definition) is 0. The van der Waals surface area contributed by atoms with Gasteiger partial charge in [0.15, 0.2) is 0 Å². The Balaban J connectivity index is 1.82. The number of carbonyl (C=O) groups is 1. The van der Waals surface area contributed by atoms with Gasteiger partial charge >= 0.3 is 5.69 Å². The predicted molar refractivity (Wildman–Crippen MR) is 122 cm³/mol. The molecule has 1 aromatic heterocycles. The zero-order valence-electron chi connectivity index (χ0n) is 17.7. The minimum absolute atomic E-state index is 0.145. The van der Waals surface area contributed by atoms with Crippen molar-refractivity contribution >= 4 is 28.4 Å². The standard InChI is InChI=1S/C23H25ClN4O3/c1-3-25-9-11-26(12-10-25)21(29)15-27-20-14-17(24)7-8-19(20)22(30)28(23(27)31)18-6-4-5-16(2)13-18/h4-8,13-14H,3,9-12,15H2,1-2H3. The maximum absolute atomic E-state index is 13.4. The topological polar surface area (TPSA) is 67.5 Å². The van der Waals surface area contributed by atoms with Crippen molar-refractivity contribution in [3.05, 3.63) is 73.9 Å². The molecule has 1 aliphatic rings. The first-order chi connectivity index (χ1) is 14.9. The summed E-state index contributed by atoms with van der Waals surface area (Å²) in [5.74, 6) is -0.145. The van der Waals surface area contributed by atoms with Crippen molar-refractivity contribution in [3.63, 3.8) is 0 Å². The van der Waals surface area contributed by atoms with Gasteiger partial charge in [-0.3, -0.25) is 14.2 Å². The number of carbonyl (C=O) groups excluding carboxylic acids is 1. The van der Waals surface area contributed by atoms with Crippen LogP contribution < -0.4 is 11.2 Å². The molecule has 1 saturated heterocycles. The van der Waals surface area contributed by atoms with Crippen molar-refractivity contribution in [1.29, 1.82) is 0 Å². The van der Waals surface area contributed by atoms with Crippen LogP contribution in [-0.2, 0) is 11.3 Å². The molecule has 3 aromatic rings. The van der Waals surface area contributed by atoms with Crippen LogP contribution in [0.25, 0.3) is 16.6 Å². The summed E-state index contributed by atoms with van der Waals surface area (Å²) in [4.78, 5) is 43.7. The summed E-state index contributed by atoms with van der Waals surface area (Å²) in [7, 11) is 0. The first-order valence-electron chi connectivity index (χ1n) is 10.4. The Bertz CT molecular complexity index is 1260. The maximum atomic E-state index is 13.4. The van der Waals surface area contributed by atoms with Gasteiger partial charge in [-0.25, -0.2) is 9.36 Å². The molecule has 0 saturated carbocycles. The van der Waals surface area contributed by atoms with Gasteiger partial charge in [0, 0.05) is 31.2 Å². The summed E-state index contributed by atoms with van der Waals surface area (Å²) in [5.41, 5.74) is 0.793. The first-order valence-corrected chi connectivity index (χ1v) is 10.8. The van der Waals surface area contributed by atoms with E-state index in [1.165, 1.54) is 4.57 Å². The second-order valence-electron chi connectivity index (χ2n) is 7.82. The van der Waals surface area contributed by atoms with Crippen molar-refractivity contribution < 1.29 is 4.79 Å². The number of hydrogen-bond acceptors (Lipinski definition) is 4. The summed E-state index contributed by atoms with van der Waals surface area (Å²) in [5, 5.41) is 0.742. The minimum Gasteiger partial charge on any atom is -0.339 e. The molecule has 4 rings (SSSR count). The minimum atomic E-state index is -0.550. The van der Waals surface area contributed by atoms with Crippen LogP contribution in [0.3, 0.4) is 0 Å². The van der Waals surface area contributed by atoms with Crippen molar-refractivity contribution in [2.75, 3.05) is 32.7 Å². The Morgan fingerprint density at radius 1 is 1.03 bits per heavy atom. The number of halogens is 1. The molecule has 1 fully saturated rings. The summed E-state index contributed by atoms with van der Waals surface area (Å²) in [6.07, 6.45) is 0. The summed E-state index contributed by atoms with van der Waals surface area (Å²) < 4.78 is 2.49. The molecule has 1 amide bonds. The fraction of sp³-hybridized carbons (Fsp3) is 0.348. The van der Waals surface area contributed by atoms with E-state index in [1.807, 2.05) is 13.0 Å². The lowest BCUT2D eigenvalue weighted by atomic mass is 10.2. The third kappa shape index (κ3) is 4.16. The molecule has 2 aromatic carbocycles. The van der Waals surface area contributed by atoms with Crippen LogP contribution in [0.15, 0.2) is 52.1 Å². The van der Waals surface area contributed by atoms with Crippen LogP contribution in [0.5, 0.6) is 0 Å². The average molecular weight is 441 g/mol. The van der Waals surface area contributed by atoms with Crippen molar-refractivity contribution in [2.45, 2.75) is 20.4 Å². The zero-order chi connectivity index (χ0) is 22.1. The number of aromatic nitrogens is 2. The largest absolute Gasteiger partial charge is 0.339 e. The molecule has 0 aliphatic carbocycles. The molecule has 0 unspecified atom stereocenters. The monoisotopic (exact) mass is 440 g/mol. The molecule has 1 aliphatic heterocycles. The lowest BCUT2D eigenvalue weighted by Gasteiger charge is -2.34. The molecule has 0 bridgehead atoms. The third-order valence-electron chi connectivity index (χ3n) is 5.83. The summed E-state index contributed by atoms with van der Waals surface area (Å²) >= 11 is 6.17. The van der Waals surface area contributed by atoms with Gasteiger partial charge in [-0.1, -0.05) is 30.7 Å². The number of nitrogens with zero attached hydrogens (tertiary/aromatic N) is 4. The second kappa shape index (κ2) is 8.69. The molecular formula is C23H25ClN4O3. The molecule has 2 heterocycles. The highest BCUT2D eigenvalue weighted by Crippen LogP contribution is 2.17. The highest BCUT2D eigenvalue weighted by Gasteiger charge is 2.23. The summed E-state index contributed by atoms with van der Waals surface area (Å²) in [6, 6.07) is 12.0. The van der Waals surface area contributed by atoms with Crippen LogP contribution in [-0.4, -0.2) is 57.6 Å². The number of aryl methyl sites for hydroxylation is 1. The average Bonchev–Trinajstić information content (AvgIpc) is 2.76. The van der Waals surface area contributed by atoms with Gasteiger partial charge in [0.1, 0.15) is 6.54 Å². The highest BCUT2D eigenvalue weighted by molar-refractivity contribution is 6.31. The third-order valence-corrected chi connectivity index (χ3v) is 6.07. The summed E-state index contributed by atoms with van der Waals surface area (Å²) in [6.45, 7) is 7.67. The molecule has 0 spiro atoms. The SMILES string of the molecule is CCN1CCN(C(=O)Cn2c(=O)n(-c3cccc(C)c3)c(=O)c3ccc(Cl)cc32)CC1. The Morgan fingerprint density at radius 3 is 2.45 bits per heavy atom. The lowest BCUT2D eigenvalue weighted by molar-refractivity contribution is -0.133. The Hall–Kier alpha value is -2.90. The maximum Gasteiger partial charge on any atom is 0.336 e. The van der Waals surface area contributed by atoms with E-state index in [9.17, 15) is 14.4 Å². The number of amides is 1. The molecule has 162 valence electrons. The van der Waals surface area contributed by atoms with E-state index in [2.05, 4.69) is 11.8 Å². The Kier molecular flexibility index (Phi) is 5.98. The number of fused-ring (bicyclic) bond motifs is 1. The van der Waals surface area contributed by atoms with Gasteiger partial charge in [0.25, 0.3) is 5.56 Å². The smallest absolute Gasteiger partial charge is 0.336 e. The van der Waals surface area contributed by atoms with E-state index in [-0.39, 0.29) is 12.5 Å². The normalized spacial score (nSPS) is 14.9. The van der Waals surface area contributed by atoms with Crippen molar-refractivity contribution in [2.24, 2.45) is 0 Å². The van der Waals surface area contributed by atoms with Gasteiger partial charge < -0.3 is 9.80 Å². The van der Waals surface area contributed by atoms with Crippen LogP contribution in [0, 0.1) is 6.92 Å². The zero-order valence-corrected chi connectivity index (χ0v) is 18.4. The Labute approximate surface area is 185 Å². The highest BCUT2D eigenvalue weighted by atomic mass is 35.5. The van der Waals surface area contributed by atoms with E-state index < -0.39 is 11.2 Å². The predicted octanol–water partition coefficient (Wildman–Crippen LogP) is 2.28. The van der Waals surface area contributed by atoms with Crippen molar-refractivity contribution in [3.8, 4) is 5.69 Å². The van der Waals surface area contributed by atoms with E-state index >= 15 is 0 Å². The number of piperazine rings is 1. The molecular weight excluding hydrogens is 416 g/mol. The Morgan fingerprint density at radius 2 is 1.77 bits per heavy atom. The fourth-order valence-electron chi connectivity index (χ4n) is 4.04. The van der Waals surface area contributed by atoms with Crippen molar-refractivity contribution in [1.82, 2.24) is 18.9 Å². The second-order valence-corrected chi connectivity index (χ2v) is 8.26. The number of likely N-dealkylation sites (N-methyl/N-ethyl adjacent to an activating group) is 1.